The second-order valence-electron chi connectivity index (χ2n) is 7.62. The molecule has 0 amide bonds. The van der Waals surface area contributed by atoms with E-state index >= 15 is 0 Å². The van der Waals surface area contributed by atoms with E-state index in [1.807, 2.05) is 60.7 Å². The molecule has 0 unspecified atom stereocenters. The van der Waals surface area contributed by atoms with E-state index in [1.165, 1.54) is 0 Å². The van der Waals surface area contributed by atoms with Crippen LogP contribution in [0.1, 0.15) is 38.8 Å². The van der Waals surface area contributed by atoms with E-state index in [9.17, 15) is 9.59 Å². The van der Waals surface area contributed by atoms with Crippen LogP contribution in [-0.2, 0) is 31.9 Å². The molecule has 2 aromatic rings. The third-order valence-electron chi connectivity index (χ3n) is 3.85. The fraction of sp³-hybridized carbons (Fsp3) is 0.364. The normalized spacial score (nSPS) is 11.7. The Balaban J connectivity index is 1.92. The minimum atomic E-state index is -0.966. The molecule has 0 heterocycles. The molecule has 0 fully saturated rings. The van der Waals surface area contributed by atoms with Gasteiger partial charge in [0.1, 0.15) is 11.2 Å². The Morgan fingerprint density at radius 1 is 0.654 bits per heavy atom. The highest BCUT2D eigenvalue weighted by molar-refractivity contribution is 6.29. The summed E-state index contributed by atoms with van der Waals surface area (Å²) in [7, 11) is 0. The number of rotatable bonds is 6. The molecule has 0 aliphatic carbocycles. The smallest absolute Gasteiger partial charge is 0.418 e. The zero-order chi connectivity index (χ0) is 19.2. The quantitative estimate of drug-likeness (QED) is 0.578. The number of benzene rings is 2. The predicted molar refractivity (Wildman–Crippen MR) is 101 cm³/mol. The zero-order valence-electron chi connectivity index (χ0n) is 15.8. The lowest BCUT2D eigenvalue weighted by Crippen LogP contribution is -2.39. The standard InChI is InChI=1S/C22H26O4/c1-21(2,15-17-11-7-5-8-12-17)25-19(23)20(24)26-22(3,4)16-18-13-9-6-10-14-18/h5-14H,15-16H2,1-4H3. The van der Waals surface area contributed by atoms with Crippen molar-refractivity contribution < 1.29 is 19.1 Å². The summed E-state index contributed by atoms with van der Waals surface area (Å²) in [4.78, 5) is 24.4. The van der Waals surface area contributed by atoms with Crippen LogP contribution in [0.3, 0.4) is 0 Å². The first-order chi connectivity index (χ1) is 12.2. The van der Waals surface area contributed by atoms with Gasteiger partial charge < -0.3 is 9.47 Å². The van der Waals surface area contributed by atoms with E-state index in [0.717, 1.165) is 11.1 Å². The molecule has 138 valence electrons. The molecule has 0 bridgehead atoms. The van der Waals surface area contributed by atoms with Crippen LogP contribution in [0.2, 0.25) is 0 Å². The Hall–Kier alpha value is -2.62. The lowest BCUT2D eigenvalue weighted by atomic mass is 9.98. The third kappa shape index (κ3) is 6.36. The van der Waals surface area contributed by atoms with Gasteiger partial charge in [0.2, 0.25) is 0 Å². The Morgan fingerprint density at radius 3 is 1.27 bits per heavy atom. The van der Waals surface area contributed by atoms with Crippen molar-refractivity contribution in [3.63, 3.8) is 0 Å². The fourth-order valence-corrected chi connectivity index (χ4v) is 2.83. The Bertz CT molecular complexity index is 668. The molecule has 4 heteroatoms. The number of ether oxygens (including phenoxy) is 2. The number of carbonyl (C=O) groups excluding carboxylic acids is 2. The molecule has 0 N–H and O–H groups in total. The van der Waals surface area contributed by atoms with Crippen molar-refractivity contribution in [2.24, 2.45) is 0 Å². The van der Waals surface area contributed by atoms with Crippen LogP contribution in [0, 0.1) is 0 Å². The van der Waals surface area contributed by atoms with Crippen molar-refractivity contribution >= 4 is 11.9 Å². The average molecular weight is 354 g/mol. The maximum atomic E-state index is 12.2. The molecule has 0 aliphatic rings. The number of hydrogen-bond donors (Lipinski definition) is 0. The highest BCUT2D eigenvalue weighted by atomic mass is 16.6. The van der Waals surface area contributed by atoms with Gasteiger partial charge >= 0.3 is 11.9 Å². The van der Waals surface area contributed by atoms with Gasteiger partial charge in [0.15, 0.2) is 0 Å². The van der Waals surface area contributed by atoms with E-state index in [2.05, 4.69) is 0 Å². The number of carbonyl (C=O) groups is 2. The van der Waals surface area contributed by atoms with Crippen LogP contribution in [0.5, 0.6) is 0 Å². The Kier molecular flexibility index (Phi) is 6.19. The van der Waals surface area contributed by atoms with Crippen molar-refractivity contribution in [3.05, 3.63) is 71.8 Å². The molecule has 2 aromatic carbocycles. The van der Waals surface area contributed by atoms with Crippen molar-refractivity contribution in [2.75, 3.05) is 0 Å². The molecule has 0 saturated heterocycles. The summed E-state index contributed by atoms with van der Waals surface area (Å²) in [6, 6.07) is 19.4. The van der Waals surface area contributed by atoms with Crippen molar-refractivity contribution in [1.82, 2.24) is 0 Å². The maximum Gasteiger partial charge on any atom is 0.418 e. The molecule has 26 heavy (non-hydrogen) atoms. The summed E-state index contributed by atoms with van der Waals surface area (Å²) >= 11 is 0. The van der Waals surface area contributed by atoms with Crippen molar-refractivity contribution in [1.29, 1.82) is 0 Å². The SMILES string of the molecule is CC(C)(Cc1ccccc1)OC(=O)C(=O)OC(C)(C)Cc1ccccc1. The summed E-state index contributed by atoms with van der Waals surface area (Å²) in [5.74, 6) is -1.93. The molecule has 0 spiro atoms. The monoisotopic (exact) mass is 354 g/mol. The number of hydrogen-bond acceptors (Lipinski definition) is 4. The van der Waals surface area contributed by atoms with Crippen LogP contribution < -0.4 is 0 Å². The highest BCUT2D eigenvalue weighted by Crippen LogP contribution is 2.20. The number of esters is 2. The second kappa shape index (κ2) is 8.17. The predicted octanol–water partition coefficient (Wildman–Crippen LogP) is 4.12. The first kappa shape index (κ1) is 19.7. The minimum absolute atomic E-state index is 0.514. The van der Waals surface area contributed by atoms with E-state index in [1.54, 1.807) is 27.7 Å². The van der Waals surface area contributed by atoms with Gasteiger partial charge in [-0.1, -0.05) is 60.7 Å². The zero-order valence-corrected chi connectivity index (χ0v) is 15.8. The minimum Gasteiger partial charge on any atom is -0.451 e. The first-order valence-electron chi connectivity index (χ1n) is 8.71. The molecular weight excluding hydrogens is 328 g/mol. The highest BCUT2D eigenvalue weighted by Gasteiger charge is 2.32. The summed E-state index contributed by atoms with van der Waals surface area (Å²) in [6.45, 7) is 7.11. The molecule has 4 nitrogen and oxygen atoms in total. The van der Waals surface area contributed by atoms with Crippen LogP contribution >= 0.6 is 0 Å². The second-order valence-corrected chi connectivity index (χ2v) is 7.62. The molecule has 0 atom stereocenters. The third-order valence-corrected chi connectivity index (χ3v) is 3.85. The van der Waals surface area contributed by atoms with Gasteiger partial charge in [-0.25, -0.2) is 9.59 Å². The van der Waals surface area contributed by atoms with Crippen LogP contribution in [-0.4, -0.2) is 23.1 Å². The van der Waals surface area contributed by atoms with Gasteiger partial charge in [-0.2, -0.15) is 0 Å². The molecular formula is C22H26O4. The van der Waals surface area contributed by atoms with E-state index in [-0.39, 0.29) is 0 Å². The van der Waals surface area contributed by atoms with E-state index in [4.69, 9.17) is 9.47 Å². The summed E-state index contributed by atoms with van der Waals surface area (Å²) in [5.41, 5.74) is 0.452. The largest absolute Gasteiger partial charge is 0.451 e. The lowest BCUT2D eigenvalue weighted by Gasteiger charge is -2.27. The molecule has 0 aliphatic heterocycles. The van der Waals surface area contributed by atoms with Crippen LogP contribution in [0.4, 0.5) is 0 Å². The van der Waals surface area contributed by atoms with Gasteiger partial charge in [-0.15, -0.1) is 0 Å². The van der Waals surface area contributed by atoms with E-state index < -0.39 is 23.1 Å². The van der Waals surface area contributed by atoms with Gasteiger partial charge in [0.25, 0.3) is 0 Å². The van der Waals surface area contributed by atoms with E-state index in [0.29, 0.717) is 12.8 Å². The Morgan fingerprint density at radius 2 is 0.962 bits per heavy atom. The van der Waals surface area contributed by atoms with Crippen molar-refractivity contribution in [2.45, 2.75) is 51.7 Å². The first-order valence-corrected chi connectivity index (χ1v) is 8.71. The topological polar surface area (TPSA) is 52.6 Å². The summed E-state index contributed by atoms with van der Waals surface area (Å²) in [6.07, 6.45) is 1.03. The molecule has 0 radical (unpaired) electrons. The summed E-state index contributed by atoms with van der Waals surface area (Å²) < 4.78 is 10.8. The molecule has 0 saturated carbocycles. The molecule has 2 rings (SSSR count). The van der Waals surface area contributed by atoms with Crippen molar-refractivity contribution in [3.8, 4) is 0 Å². The van der Waals surface area contributed by atoms with Gasteiger partial charge in [-0.05, 0) is 38.8 Å². The van der Waals surface area contributed by atoms with Crippen LogP contribution in [0.15, 0.2) is 60.7 Å². The molecule has 0 aromatic heterocycles. The fourth-order valence-electron chi connectivity index (χ4n) is 2.83. The van der Waals surface area contributed by atoms with Gasteiger partial charge in [-0.3, -0.25) is 0 Å². The van der Waals surface area contributed by atoms with Gasteiger partial charge in [0, 0.05) is 12.8 Å². The summed E-state index contributed by atoms with van der Waals surface area (Å²) in [5, 5.41) is 0. The lowest BCUT2D eigenvalue weighted by molar-refractivity contribution is -0.182. The Labute approximate surface area is 155 Å². The van der Waals surface area contributed by atoms with Gasteiger partial charge in [0.05, 0.1) is 0 Å². The average Bonchev–Trinajstić information content (AvgIpc) is 2.54. The van der Waals surface area contributed by atoms with Crippen LogP contribution in [0.25, 0.3) is 0 Å². The maximum absolute atomic E-state index is 12.2.